The van der Waals surface area contributed by atoms with Crippen LogP contribution in [0.2, 0.25) is 0 Å². The van der Waals surface area contributed by atoms with Crippen LogP contribution in [0.15, 0.2) is 24.3 Å². The van der Waals surface area contributed by atoms with E-state index in [2.05, 4.69) is 0 Å². The van der Waals surface area contributed by atoms with Crippen LogP contribution in [-0.4, -0.2) is 6.15 Å². The van der Waals surface area contributed by atoms with Gasteiger partial charge in [-0.25, -0.2) is 70.2 Å². The summed E-state index contributed by atoms with van der Waals surface area (Å²) in [5.74, 6) is -49.6. The van der Waals surface area contributed by atoms with Gasteiger partial charge in [0.15, 0.2) is 52.4 Å². The van der Waals surface area contributed by atoms with Gasteiger partial charge >= 0.3 is 0 Å². The molecule has 0 spiro atoms. The Hall–Kier alpha value is -4.18. The van der Waals surface area contributed by atoms with Crippen molar-refractivity contribution in [1.82, 2.24) is 0 Å². The van der Waals surface area contributed by atoms with Crippen molar-refractivity contribution in [3.63, 3.8) is 0 Å². The van der Waals surface area contributed by atoms with E-state index in [0.717, 1.165) is 0 Å². The van der Waals surface area contributed by atoms with Crippen LogP contribution >= 0.6 is 0 Å². The van der Waals surface area contributed by atoms with E-state index < -0.39 is 121 Å². The fourth-order valence-corrected chi connectivity index (χ4v) is 4.73. The Labute approximate surface area is 216 Å². The molecule has 0 N–H and O–H groups in total. The van der Waals surface area contributed by atoms with Gasteiger partial charge in [0, 0.05) is 0 Å². The van der Waals surface area contributed by atoms with Gasteiger partial charge < -0.3 is 0 Å². The summed E-state index contributed by atoms with van der Waals surface area (Å²) in [6.07, 6.45) is -6.12. The van der Waals surface area contributed by atoms with Crippen LogP contribution in [0.4, 0.5) is 70.2 Å². The van der Waals surface area contributed by atoms with Crippen LogP contribution in [0.3, 0.4) is 0 Å². The molecule has 0 fully saturated rings. The maximum Gasteiger partial charge on any atom is 0.200 e. The zero-order valence-corrected chi connectivity index (χ0v) is 18.9. The summed E-state index contributed by atoms with van der Waals surface area (Å²) in [5.41, 5.74) is -10.7. The first-order valence-corrected chi connectivity index (χ1v) is 10.5. The average molecular weight is 607 g/mol. The van der Waals surface area contributed by atoms with Crippen molar-refractivity contribution >= 4 is 28.0 Å². The third-order valence-electron chi connectivity index (χ3n) is 6.40. The summed E-state index contributed by atoms with van der Waals surface area (Å²) >= 11 is 0. The first-order chi connectivity index (χ1) is 19.0. The highest BCUT2D eigenvalue weighted by molar-refractivity contribution is 7.20. The van der Waals surface area contributed by atoms with Gasteiger partial charge in [0.05, 0.1) is 5.82 Å². The molecule has 0 nitrogen and oxygen atoms in total. The smallest absolute Gasteiger partial charge is 0.200 e. The summed E-state index contributed by atoms with van der Waals surface area (Å²) in [6, 6.07) is 1.37. The molecule has 0 aliphatic carbocycles. The van der Waals surface area contributed by atoms with E-state index in [1.807, 2.05) is 0 Å². The fourth-order valence-electron chi connectivity index (χ4n) is 4.73. The van der Waals surface area contributed by atoms with Gasteiger partial charge in [-0.05, 0) is 6.07 Å². The molecule has 4 aromatic carbocycles. The average Bonchev–Trinajstić information content (AvgIpc) is 2.95. The molecule has 0 saturated carbocycles. The normalized spacial score (nSPS) is 11.9. The number of hydrogen-bond acceptors (Lipinski definition) is 0. The van der Waals surface area contributed by atoms with Crippen molar-refractivity contribution in [2.24, 2.45) is 0 Å². The molecule has 17 heteroatoms. The molecule has 0 unspecified atom stereocenters. The quantitative estimate of drug-likeness (QED) is 0.128. The maximum absolute atomic E-state index is 15.3. The van der Waals surface area contributed by atoms with Gasteiger partial charge in [-0.15, -0.1) is 16.4 Å². The molecule has 0 aromatic heterocycles. The van der Waals surface area contributed by atoms with E-state index in [1.54, 1.807) is 0 Å². The second kappa shape index (κ2) is 10.0. The molecule has 0 amide bonds. The van der Waals surface area contributed by atoms with E-state index in [1.165, 1.54) is 0 Å². The minimum absolute atomic E-state index is 0.0590. The van der Waals surface area contributed by atoms with Crippen LogP contribution in [0.25, 0.3) is 0 Å². The van der Waals surface area contributed by atoms with Crippen molar-refractivity contribution < 1.29 is 70.2 Å². The van der Waals surface area contributed by atoms with Crippen LogP contribution in [0.5, 0.6) is 0 Å². The number of halogens is 16. The van der Waals surface area contributed by atoms with Gasteiger partial charge in [0.1, 0.15) is 41.0 Å². The lowest BCUT2D eigenvalue weighted by Gasteiger charge is -2.44. The first kappa shape index (κ1) is 29.8. The lowest BCUT2D eigenvalue weighted by atomic mass is 9.12. The lowest BCUT2D eigenvalue weighted by molar-refractivity contribution is 0.380. The monoisotopic (exact) mass is 607 g/mol. The zero-order chi connectivity index (χ0) is 30.9. The molecule has 0 radical (unpaired) electrons. The minimum Gasteiger partial charge on any atom is -0.210 e. The van der Waals surface area contributed by atoms with Gasteiger partial charge in [0.25, 0.3) is 0 Å². The topological polar surface area (TPSA) is 0 Å². The molecule has 0 bridgehead atoms. The van der Waals surface area contributed by atoms with Crippen LogP contribution < -0.4 is 21.9 Å². The SMILES string of the molecule is Fc1ccccc1[B-](c1c(F)c(F)c(F)c(F)c1F)(c1c(F)c(F)c(F)c(F)c1F)c1c(F)c(F)c(F)c(F)c1F. The van der Waals surface area contributed by atoms with Crippen molar-refractivity contribution in [2.45, 2.75) is 0 Å². The summed E-state index contributed by atoms with van der Waals surface area (Å²) in [5, 5.41) is 0. The Morgan fingerprint density at radius 3 is 0.756 bits per heavy atom. The Morgan fingerprint density at radius 1 is 0.293 bits per heavy atom. The molecule has 4 rings (SSSR count). The molecule has 41 heavy (non-hydrogen) atoms. The van der Waals surface area contributed by atoms with Crippen molar-refractivity contribution in [3.8, 4) is 0 Å². The molecular weight excluding hydrogens is 603 g/mol. The van der Waals surface area contributed by atoms with E-state index in [9.17, 15) is 39.5 Å². The Kier molecular flexibility index (Phi) is 7.29. The van der Waals surface area contributed by atoms with Gasteiger partial charge in [0.2, 0.25) is 0 Å². The second-order valence-electron chi connectivity index (χ2n) is 8.34. The third kappa shape index (κ3) is 3.88. The summed E-state index contributed by atoms with van der Waals surface area (Å²) < 4.78 is 235. The van der Waals surface area contributed by atoms with Gasteiger partial charge in [-0.2, -0.15) is 5.46 Å². The summed E-state index contributed by atoms with van der Waals surface area (Å²) in [7, 11) is 0. The number of rotatable bonds is 4. The molecule has 0 saturated heterocycles. The Balaban J connectivity index is 2.59. The van der Waals surface area contributed by atoms with E-state index in [-0.39, 0.29) is 12.1 Å². The molecule has 0 heterocycles. The molecule has 4 aromatic rings. The van der Waals surface area contributed by atoms with Gasteiger partial charge in [-0.3, -0.25) is 0 Å². The Morgan fingerprint density at radius 2 is 0.512 bits per heavy atom. The van der Waals surface area contributed by atoms with Crippen LogP contribution in [0.1, 0.15) is 0 Å². The van der Waals surface area contributed by atoms with Crippen LogP contribution in [0, 0.1) is 93.1 Å². The largest absolute Gasteiger partial charge is 0.210 e. The zero-order valence-electron chi connectivity index (χ0n) is 18.9. The standard InChI is InChI=1S/C24H4BF16/c26-6-4-2-1-3-5(6)25(7-10(27)16(33)22(39)17(34)11(7)28,8-12(29)18(35)23(40)19(36)13(8)30)9-14(31)20(37)24(41)21(38)15(9)32/h1-4H/q-1. The summed E-state index contributed by atoms with van der Waals surface area (Å²) in [4.78, 5) is 0. The maximum atomic E-state index is 15.3. The van der Waals surface area contributed by atoms with E-state index in [4.69, 9.17) is 0 Å². The fraction of sp³-hybridized carbons (Fsp3) is 0. The highest BCUT2D eigenvalue weighted by Gasteiger charge is 2.49. The molecule has 0 atom stereocenters. The number of benzene rings is 4. The Bertz CT molecular complexity index is 1510. The van der Waals surface area contributed by atoms with Crippen molar-refractivity contribution in [2.75, 3.05) is 0 Å². The lowest BCUT2D eigenvalue weighted by Crippen LogP contribution is -2.80. The molecule has 0 aliphatic rings. The third-order valence-corrected chi connectivity index (χ3v) is 6.40. The van der Waals surface area contributed by atoms with E-state index >= 15 is 30.7 Å². The predicted molar refractivity (Wildman–Crippen MR) is 109 cm³/mol. The summed E-state index contributed by atoms with van der Waals surface area (Å²) in [6.45, 7) is 0. The van der Waals surface area contributed by atoms with Crippen molar-refractivity contribution in [1.29, 1.82) is 0 Å². The van der Waals surface area contributed by atoms with Crippen molar-refractivity contribution in [3.05, 3.63) is 117 Å². The highest BCUT2D eigenvalue weighted by atomic mass is 19.2. The van der Waals surface area contributed by atoms with Gasteiger partial charge in [-0.1, -0.05) is 18.2 Å². The van der Waals surface area contributed by atoms with E-state index in [0.29, 0.717) is 12.1 Å². The minimum atomic E-state index is -6.12. The highest BCUT2D eigenvalue weighted by Crippen LogP contribution is 2.28. The molecular formula is C24H4BF16-. The second-order valence-corrected chi connectivity index (χ2v) is 8.34. The first-order valence-electron chi connectivity index (χ1n) is 10.5. The van der Waals surface area contributed by atoms with Crippen LogP contribution in [-0.2, 0) is 0 Å². The number of hydrogen-bond donors (Lipinski definition) is 0. The molecule has 216 valence electrons. The molecule has 0 aliphatic heterocycles. The predicted octanol–water partition coefficient (Wildman–Crippen LogP) is 5.29.